The molecule has 0 radical (unpaired) electrons. The van der Waals surface area contributed by atoms with Gasteiger partial charge in [0.05, 0.1) is 17.5 Å². The molecule has 4 aromatic rings. The molecule has 0 spiro atoms. The van der Waals surface area contributed by atoms with Crippen molar-refractivity contribution in [1.29, 1.82) is 0 Å². The summed E-state index contributed by atoms with van der Waals surface area (Å²) in [7, 11) is 0. The lowest BCUT2D eigenvalue weighted by molar-refractivity contribution is -0.137. The number of pyridine rings is 1. The second kappa shape index (κ2) is 7.05. The van der Waals surface area contributed by atoms with Gasteiger partial charge in [0.15, 0.2) is 5.82 Å². The zero-order valence-corrected chi connectivity index (χ0v) is 15.0. The molecule has 4 rings (SSSR count). The van der Waals surface area contributed by atoms with Crippen molar-refractivity contribution >= 4 is 22.6 Å². The summed E-state index contributed by atoms with van der Waals surface area (Å²) >= 11 is 0. The molecule has 0 aliphatic carbocycles. The van der Waals surface area contributed by atoms with Crippen molar-refractivity contribution in [2.75, 3.05) is 5.73 Å². The van der Waals surface area contributed by atoms with Crippen LogP contribution in [0.5, 0.6) is 0 Å². The highest BCUT2D eigenvalue weighted by Crippen LogP contribution is 2.30. The van der Waals surface area contributed by atoms with Crippen LogP contribution in [-0.4, -0.2) is 20.7 Å². The maximum atomic E-state index is 12.7. The Morgan fingerprint density at radius 2 is 1.79 bits per heavy atom. The Morgan fingerprint density at radius 3 is 2.45 bits per heavy atom. The molecule has 2 aromatic carbocycles. The smallest absolute Gasteiger partial charge is 0.382 e. The summed E-state index contributed by atoms with van der Waals surface area (Å²) in [6.45, 7) is 0. The largest absolute Gasteiger partial charge is 0.416 e. The van der Waals surface area contributed by atoms with Crippen LogP contribution in [0.4, 0.5) is 19.0 Å². The van der Waals surface area contributed by atoms with Gasteiger partial charge in [-0.25, -0.2) is 0 Å². The third-order valence-corrected chi connectivity index (χ3v) is 4.58. The Balaban J connectivity index is 1.63. The van der Waals surface area contributed by atoms with E-state index in [1.54, 1.807) is 18.5 Å². The Morgan fingerprint density at radius 1 is 1.03 bits per heavy atom. The molecule has 0 atom stereocenters. The highest BCUT2D eigenvalue weighted by Gasteiger charge is 2.30. The number of aromatic nitrogens is 3. The topological polar surface area (TPSA) is 73.8 Å². The first-order chi connectivity index (χ1) is 13.8. The lowest BCUT2D eigenvalue weighted by atomic mass is 10.1. The van der Waals surface area contributed by atoms with Crippen LogP contribution in [0.2, 0.25) is 0 Å². The maximum Gasteiger partial charge on any atom is 0.416 e. The van der Waals surface area contributed by atoms with Gasteiger partial charge >= 0.3 is 6.18 Å². The van der Waals surface area contributed by atoms with E-state index in [1.165, 1.54) is 16.8 Å². The third kappa shape index (κ3) is 3.69. The Kier molecular flexibility index (Phi) is 4.54. The van der Waals surface area contributed by atoms with Crippen LogP contribution < -0.4 is 5.73 Å². The fourth-order valence-electron chi connectivity index (χ4n) is 3.11. The number of benzene rings is 2. The summed E-state index contributed by atoms with van der Waals surface area (Å²) in [6.07, 6.45) is -1.12. The number of nitrogens with two attached hydrogens (primary N) is 1. The van der Waals surface area contributed by atoms with E-state index in [0.717, 1.165) is 23.3 Å². The molecule has 0 amide bonds. The number of hydrogen-bond donors (Lipinski definition) is 1. The number of rotatable bonds is 3. The minimum atomic E-state index is -4.42. The molecule has 0 bridgehead atoms. The molecule has 2 aromatic heterocycles. The molecule has 0 fully saturated rings. The first kappa shape index (κ1) is 18.7. The summed E-state index contributed by atoms with van der Waals surface area (Å²) in [5, 5.41) is 4.74. The van der Waals surface area contributed by atoms with Crippen molar-refractivity contribution in [1.82, 2.24) is 14.8 Å². The normalized spacial score (nSPS) is 11.7. The van der Waals surface area contributed by atoms with E-state index in [-0.39, 0.29) is 18.1 Å². The summed E-state index contributed by atoms with van der Waals surface area (Å²) in [4.78, 5) is 16.8. The summed E-state index contributed by atoms with van der Waals surface area (Å²) in [6, 6.07) is 13.6. The molecule has 2 N–H and O–H groups in total. The summed E-state index contributed by atoms with van der Waals surface area (Å²) < 4.78 is 39.2. The highest BCUT2D eigenvalue weighted by molar-refractivity contribution is 5.99. The van der Waals surface area contributed by atoms with Gasteiger partial charge in [0.1, 0.15) is 0 Å². The fourth-order valence-corrected chi connectivity index (χ4v) is 3.11. The van der Waals surface area contributed by atoms with E-state index < -0.39 is 11.7 Å². The minimum Gasteiger partial charge on any atom is -0.382 e. The number of carbonyl (C=O) groups excluding carboxylic acids is 1. The summed E-state index contributed by atoms with van der Waals surface area (Å²) in [5.74, 6) is -0.188. The molecule has 0 unspecified atom stereocenters. The second-order valence-corrected chi connectivity index (χ2v) is 6.54. The van der Waals surface area contributed by atoms with E-state index in [0.29, 0.717) is 16.5 Å². The number of halogens is 3. The van der Waals surface area contributed by atoms with Gasteiger partial charge in [0, 0.05) is 23.3 Å². The number of anilines is 1. The predicted octanol–water partition coefficient (Wildman–Crippen LogP) is 4.58. The van der Waals surface area contributed by atoms with E-state index >= 15 is 0 Å². The first-order valence-corrected chi connectivity index (χ1v) is 8.71. The standard InChI is InChI=1S/C21H15F3N4O/c22-21(23,24)16-6-3-13(4-7-16)10-19(29)28-18-8-5-14(11-17(18)20(25)27-28)15-2-1-9-26-12-15/h1-9,11-12H,10H2,(H2,25,27). The van der Waals surface area contributed by atoms with Gasteiger partial charge < -0.3 is 5.73 Å². The number of hydrogen-bond acceptors (Lipinski definition) is 4. The number of nitrogen functional groups attached to an aromatic ring is 1. The van der Waals surface area contributed by atoms with Crippen molar-refractivity contribution in [3.05, 3.63) is 78.1 Å². The number of carbonyl (C=O) groups is 1. The van der Waals surface area contributed by atoms with Crippen molar-refractivity contribution in [2.24, 2.45) is 0 Å². The van der Waals surface area contributed by atoms with Crippen LogP contribution >= 0.6 is 0 Å². The van der Waals surface area contributed by atoms with E-state index in [2.05, 4.69) is 10.1 Å². The Bertz CT molecular complexity index is 1180. The van der Waals surface area contributed by atoms with Gasteiger partial charge in [-0.1, -0.05) is 24.3 Å². The lowest BCUT2D eigenvalue weighted by Crippen LogP contribution is -2.15. The SMILES string of the molecule is Nc1nn(C(=O)Cc2ccc(C(F)(F)F)cc2)c2ccc(-c3cccnc3)cc12. The van der Waals surface area contributed by atoms with Gasteiger partial charge in [-0.15, -0.1) is 5.10 Å². The molecular formula is C21H15F3N4O. The van der Waals surface area contributed by atoms with Crippen molar-refractivity contribution in [3.8, 4) is 11.1 Å². The molecule has 0 saturated carbocycles. The van der Waals surface area contributed by atoms with Crippen LogP contribution in [0, 0.1) is 0 Å². The quantitative estimate of drug-likeness (QED) is 0.550. The molecule has 0 aliphatic rings. The van der Waals surface area contributed by atoms with Crippen molar-refractivity contribution in [2.45, 2.75) is 12.6 Å². The van der Waals surface area contributed by atoms with Crippen LogP contribution in [-0.2, 0) is 12.6 Å². The zero-order valence-electron chi connectivity index (χ0n) is 15.0. The average molecular weight is 396 g/mol. The van der Waals surface area contributed by atoms with Gasteiger partial charge in [-0.2, -0.15) is 17.9 Å². The highest BCUT2D eigenvalue weighted by atomic mass is 19.4. The predicted molar refractivity (Wildman–Crippen MR) is 103 cm³/mol. The monoisotopic (exact) mass is 396 g/mol. The van der Waals surface area contributed by atoms with Crippen LogP contribution in [0.15, 0.2) is 67.0 Å². The molecule has 29 heavy (non-hydrogen) atoms. The first-order valence-electron chi connectivity index (χ1n) is 8.71. The maximum absolute atomic E-state index is 12.7. The second-order valence-electron chi connectivity index (χ2n) is 6.54. The summed E-state index contributed by atoms with van der Waals surface area (Å²) in [5.41, 5.74) is 8.01. The number of fused-ring (bicyclic) bond motifs is 1. The van der Waals surface area contributed by atoms with E-state index in [4.69, 9.17) is 5.73 Å². The zero-order chi connectivity index (χ0) is 20.6. The lowest BCUT2D eigenvalue weighted by Gasteiger charge is -2.08. The van der Waals surface area contributed by atoms with Gasteiger partial charge in [0.2, 0.25) is 0 Å². The third-order valence-electron chi connectivity index (χ3n) is 4.58. The number of nitrogens with zero attached hydrogens (tertiary/aromatic N) is 3. The molecule has 5 nitrogen and oxygen atoms in total. The van der Waals surface area contributed by atoms with Crippen LogP contribution in [0.25, 0.3) is 22.0 Å². The van der Waals surface area contributed by atoms with Crippen molar-refractivity contribution < 1.29 is 18.0 Å². The van der Waals surface area contributed by atoms with Gasteiger partial charge in [0.25, 0.3) is 5.91 Å². The Hall–Kier alpha value is -3.68. The van der Waals surface area contributed by atoms with Crippen LogP contribution in [0.1, 0.15) is 15.9 Å². The molecule has 0 aliphatic heterocycles. The Labute approximate surface area is 163 Å². The number of alkyl halides is 3. The fraction of sp³-hybridized carbons (Fsp3) is 0.0952. The van der Waals surface area contributed by atoms with Gasteiger partial charge in [-0.3, -0.25) is 9.78 Å². The van der Waals surface area contributed by atoms with E-state index in [1.807, 2.05) is 24.3 Å². The molecular weight excluding hydrogens is 381 g/mol. The van der Waals surface area contributed by atoms with E-state index in [9.17, 15) is 18.0 Å². The molecule has 0 saturated heterocycles. The average Bonchev–Trinajstić information content (AvgIpc) is 3.05. The molecule has 2 heterocycles. The minimum absolute atomic E-state index is 0.0985. The molecule has 146 valence electrons. The van der Waals surface area contributed by atoms with Crippen LogP contribution in [0.3, 0.4) is 0 Å². The van der Waals surface area contributed by atoms with Gasteiger partial charge in [-0.05, 0) is 41.5 Å². The van der Waals surface area contributed by atoms with Crippen molar-refractivity contribution in [3.63, 3.8) is 0 Å². The molecule has 8 heteroatoms.